The molecule has 0 aromatic heterocycles. The predicted molar refractivity (Wildman–Crippen MR) is 128 cm³/mol. The van der Waals surface area contributed by atoms with E-state index in [4.69, 9.17) is 4.74 Å². The van der Waals surface area contributed by atoms with Crippen molar-refractivity contribution in [2.45, 2.75) is 17.7 Å². The molecule has 2 fully saturated rings. The lowest BCUT2D eigenvalue weighted by atomic mass is 10.1. The zero-order valence-electron chi connectivity index (χ0n) is 18.7. The lowest BCUT2D eigenvalue weighted by molar-refractivity contribution is -0.385. The SMILES string of the molecule is O=[N+]([O-])c1ccc(N/N=C/c2ccc(N3CCCC3)c([N+](=O)[O-])c2)c(S(=O)(=O)N2CCOCC2)c1. The first-order valence-electron chi connectivity index (χ1n) is 11.0. The molecule has 35 heavy (non-hydrogen) atoms. The highest BCUT2D eigenvalue weighted by Gasteiger charge is 2.30. The topological polar surface area (TPSA) is 161 Å². The van der Waals surface area contributed by atoms with Crippen LogP contribution in [-0.2, 0) is 14.8 Å². The first kappa shape index (κ1) is 24.5. The number of morpholine rings is 1. The number of sulfonamides is 1. The Balaban J connectivity index is 1.60. The number of ether oxygens (including phenoxy) is 1. The van der Waals surface area contributed by atoms with Gasteiger partial charge < -0.3 is 9.64 Å². The predicted octanol–water partition coefficient (Wildman–Crippen LogP) is 2.57. The van der Waals surface area contributed by atoms with Crippen molar-refractivity contribution in [3.63, 3.8) is 0 Å². The molecule has 0 spiro atoms. The summed E-state index contributed by atoms with van der Waals surface area (Å²) in [5.41, 5.74) is 3.23. The monoisotopic (exact) mass is 504 g/mol. The van der Waals surface area contributed by atoms with Gasteiger partial charge in [0.15, 0.2) is 0 Å². The minimum Gasteiger partial charge on any atom is -0.379 e. The number of nitrogens with one attached hydrogen (secondary N) is 1. The summed E-state index contributed by atoms with van der Waals surface area (Å²) in [6.07, 6.45) is 3.29. The Morgan fingerprint density at radius 2 is 1.69 bits per heavy atom. The van der Waals surface area contributed by atoms with Crippen LogP contribution in [0.1, 0.15) is 18.4 Å². The molecule has 0 bridgehead atoms. The van der Waals surface area contributed by atoms with Gasteiger partial charge >= 0.3 is 0 Å². The Labute approximate surface area is 201 Å². The van der Waals surface area contributed by atoms with Crippen LogP contribution in [0.3, 0.4) is 0 Å². The lowest BCUT2D eigenvalue weighted by Gasteiger charge is -2.26. The number of benzene rings is 2. The second-order valence-electron chi connectivity index (χ2n) is 8.02. The van der Waals surface area contributed by atoms with Gasteiger partial charge in [0.05, 0.1) is 35.0 Å². The molecule has 2 aromatic carbocycles. The van der Waals surface area contributed by atoms with Crippen LogP contribution < -0.4 is 10.3 Å². The van der Waals surface area contributed by atoms with Gasteiger partial charge in [0, 0.05) is 49.9 Å². The fourth-order valence-corrected chi connectivity index (χ4v) is 5.59. The Hall–Kier alpha value is -3.62. The number of hydrogen-bond donors (Lipinski definition) is 1. The summed E-state index contributed by atoms with van der Waals surface area (Å²) in [7, 11) is -4.06. The number of hydrogen-bond acceptors (Lipinski definition) is 10. The number of nitro benzene ring substituents is 2. The summed E-state index contributed by atoms with van der Waals surface area (Å²) in [5, 5.41) is 26.9. The fourth-order valence-electron chi connectivity index (χ4n) is 4.03. The van der Waals surface area contributed by atoms with Crippen molar-refractivity contribution in [3.8, 4) is 0 Å². The molecule has 4 rings (SSSR count). The number of hydrazone groups is 1. The zero-order chi connectivity index (χ0) is 25.0. The smallest absolute Gasteiger partial charge is 0.293 e. The molecule has 0 saturated carbocycles. The highest BCUT2D eigenvalue weighted by molar-refractivity contribution is 7.89. The maximum Gasteiger partial charge on any atom is 0.293 e. The summed E-state index contributed by atoms with van der Waals surface area (Å²) in [6.45, 7) is 2.22. The molecule has 0 atom stereocenters. The molecule has 1 N–H and O–H groups in total. The second-order valence-corrected chi connectivity index (χ2v) is 9.93. The van der Waals surface area contributed by atoms with Crippen molar-refractivity contribution in [3.05, 3.63) is 62.2 Å². The zero-order valence-corrected chi connectivity index (χ0v) is 19.5. The first-order valence-corrected chi connectivity index (χ1v) is 12.4. The van der Waals surface area contributed by atoms with Gasteiger partial charge in [-0.2, -0.15) is 9.41 Å². The normalized spacial score (nSPS) is 17.1. The van der Waals surface area contributed by atoms with Crippen LogP contribution >= 0.6 is 0 Å². The van der Waals surface area contributed by atoms with E-state index >= 15 is 0 Å². The Bertz CT molecular complexity index is 1250. The van der Waals surface area contributed by atoms with E-state index in [-0.39, 0.29) is 48.3 Å². The standard InChI is InChI=1S/C21H24N6O7S/c28-26(29)17-4-5-18(21(14-17)35(32,33)25-9-11-34-12-10-25)23-22-15-16-3-6-19(20(13-16)27(30)31)24-7-1-2-8-24/h3-6,13-15,23H,1-2,7-12H2/b22-15+. The lowest BCUT2D eigenvalue weighted by Crippen LogP contribution is -2.40. The number of non-ortho nitro benzene ring substituents is 1. The highest BCUT2D eigenvalue weighted by atomic mass is 32.2. The van der Waals surface area contributed by atoms with Crippen molar-refractivity contribution < 1.29 is 23.0 Å². The summed E-state index contributed by atoms with van der Waals surface area (Å²) < 4.78 is 32.7. The van der Waals surface area contributed by atoms with E-state index in [9.17, 15) is 28.6 Å². The van der Waals surface area contributed by atoms with Gasteiger partial charge in [-0.05, 0) is 25.0 Å². The molecule has 0 radical (unpaired) electrons. The van der Waals surface area contributed by atoms with Crippen LogP contribution in [-0.4, -0.2) is 68.2 Å². The summed E-state index contributed by atoms with van der Waals surface area (Å²) in [6, 6.07) is 8.18. The van der Waals surface area contributed by atoms with E-state index in [1.807, 2.05) is 4.90 Å². The Morgan fingerprint density at radius 1 is 0.971 bits per heavy atom. The van der Waals surface area contributed by atoms with E-state index in [2.05, 4.69) is 10.5 Å². The average molecular weight is 505 g/mol. The van der Waals surface area contributed by atoms with Crippen molar-refractivity contribution in [1.29, 1.82) is 0 Å². The number of rotatable bonds is 8. The summed E-state index contributed by atoms with van der Waals surface area (Å²) >= 11 is 0. The molecule has 2 aliphatic heterocycles. The maximum atomic E-state index is 13.2. The van der Waals surface area contributed by atoms with E-state index in [0.29, 0.717) is 11.3 Å². The minimum absolute atomic E-state index is 0.0400. The van der Waals surface area contributed by atoms with Crippen molar-refractivity contribution >= 4 is 39.0 Å². The molecule has 2 saturated heterocycles. The van der Waals surface area contributed by atoms with Crippen LogP contribution in [0.4, 0.5) is 22.7 Å². The van der Waals surface area contributed by atoms with Crippen LogP contribution in [0, 0.1) is 20.2 Å². The van der Waals surface area contributed by atoms with Gasteiger partial charge in [0.25, 0.3) is 11.4 Å². The van der Waals surface area contributed by atoms with Gasteiger partial charge in [0.1, 0.15) is 10.6 Å². The average Bonchev–Trinajstić information content (AvgIpc) is 3.39. The van der Waals surface area contributed by atoms with Crippen LogP contribution in [0.2, 0.25) is 0 Å². The first-order chi connectivity index (χ1) is 16.8. The largest absolute Gasteiger partial charge is 0.379 e. The third-order valence-electron chi connectivity index (χ3n) is 5.81. The molecular weight excluding hydrogens is 480 g/mol. The van der Waals surface area contributed by atoms with E-state index in [1.54, 1.807) is 12.1 Å². The van der Waals surface area contributed by atoms with Gasteiger partial charge in [-0.3, -0.25) is 25.7 Å². The molecule has 186 valence electrons. The second kappa shape index (κ2) is 10.3. The van der Waals surface area contributed by atoms with E-state index in [1.165, 1.54) is 28.7 Å². The molecule has 14 heteroatoms. The van der Waals surface area contributed by atoms with E-state index < -0.39 is 19.9 Å². The number of anilines is 2. The quantitative estimate of drug-likeness (QED) is 0.324. The van der Waals surface area contributed by atoms with Crippen LogP contribution in [0.25, 0.3) is 0 Å². The van der Waals surface area contributed by atoms with Gasteiger partial charge in [-0.25, -0.2) is 8.42 Å². The molecule has 0 unspecified atom stereocenters. The van der Waals surface area contributed by atoms with Crippen molar-refractivity contribution in [2.75, 3.05) is 49.7 Å². The number of nitro groups is 2. The third kappa shape index (κ3) is 5.39. The third-order valence-corrected chi connectivity index (χ3v) is 7.74. The van der Waals surface area contributed by atoms with E-state index in [0.717, 1.165) is 32.0 Å². The van der Waals surface area contributed by atoms with Gasteiger partial charge in [-0.1, -0.05) is 6.07 Å². The molecule has 2 aliphatic rings. The van der Waals surface area contributed by atoms with Crippen LogP contribution in [0.15, 0.2) is 46.4 Å². The molecule has 0 amide bonds. The van der Waals surface area contributed by atoms with Gasteiger partial charge in [0.2, 0.25) is 10.0 Å². The Kier molecular flexibility index (Phi) is 7.23. The molecule has 13 nitrogen and oxygen atoms in total. The molecule has 2 heterocycles. The minimum atomic E-state index is -4.06. The fraction of sp³-hybridized carbons (Fsp3) is 0.381. The summed E-state index contributed by atoms with van der Waals surface area (Å²) in [5.74, 6) is 0. The van der Waals surface area contributed by atoms with Crippen LogP contribution in [0.5, 0.6) is 0 Å². The highest BCUT2D eigenvalue weighted by Crippen LogP contribution is 2.32. The number of nitrogens with zero attached hydrogens (tertiary/aromatic N) is 5. The van der Waals surface area contributed by atoms with Crippen molar-refractivity contribution in [2.24, 2.45) is 5.10 Å². The maximum absolute atomic E-state index is 13.2. The summed E-state index contributed by atoms with van der Waals surface area (Å²) in [4.78, 5) is 23.4. The molecule has 2 aromatic rings. The molecular formula is C21H24N6O7S. The molecule has 0 aliphatic carbocycles. The van der Waals surface area contributed by atoms with Gasteiger partial charge in [-0.15, -0.1) is 0 Å². The Morgan fingerprint density at radius 3 is 2.34 bits per heavy atom. The van der Waals surface area contributed by atoms with Crippen molar-refractivity contribution in [1.82, 2.24) is 4.31 Å².